The van der Waals surface area contributed by atoms with Gasteiger partial charge in [0.1, 0.15) is 0 Å². The van der Waals surface area contributed by atoms with Gasteiger partial charge in [0.25, 0.3) is 0 Å². The maximum Gasteiger partial charge on any atom is 0.232 e. The number of rotatable bonds is 4. The molecule has 0 atom stereocenters. The molecule has 0 saturated carbocycles. The smallest absolute Gasteiger partial charge is 0.232 e. The van der Waals surface area contributed by atoms with Crippen LogP contribution in [0.15, 0.2) is 24.5 Å². The standard InChI is InChI=1S/C18H25N3O2S/c1-24-13-17(23)20-10-6-18(7-11-20)5-2-16(22)21(14-18)12-15-3-8-19-9-4-15/h3-4,8-9H,2,5-7,10-14H2,1H3. The number of hydrogen-bond acceptors (Lipinski definition) is 4. The van der Waals surface area contributed by atoms with Crippen molar-refractivity contribution in [1.29, 1.82) is 0 Å². The number of aromatic nitrogens is 1. The van der Waals surface area contributed by atoms with Gasteiger partial charge in [0.05, 0.1) is 5.75 Å². The average Bonchev–Trinajstić information content (AvgIpc) is 2.60. The third-order valence-corrected chi connectivity index (χ3v) is 5.85. The highest BCUT2D eigenvalue weighted by molar-refractivity contribution is 7.99. The number of pyridine rings is 1. The van der Waals surface area contributed by atoms with Crippen LogP contribution in [0.4, 0.5) is 0 Å². The minimum absolute atomic E-state index is 0.192. The number of amides is 2. The van der Waals surface area contributed by atoms with E-state index in [0.717, 1.165) is 44.5 Å². The predicted molar refractivity (Wildman–Crippen MR) is 95.5 cm³/mol. The minimum atomic E-state index is 0.192. The van der Waals surface area contributed by atoms with Gasteiger partial charge in [0, 0.05) is 45.0 Å². The largest absolute Gasteiger partial charge is 0.342 e. The van der Waals surface area contributed by atoms with E-state index in [-0.39, 0.29) is 17.2 Å². The summed E-state index contributed by atoms with van der Waals surface area (Å²) in [6.07, 6.45) is 9.12. The first-order valence-electron chi connectivity index (χ1n) is 8.55. The van der Waals surface area contributed by atoms with E-state index in [4.69, 9.17) is 0 Å². The van der Waals surface area contributed by atoms with Crippen molar-refractivity contribution >= 4 is 23.6 Å². The maximum atomic E-state index is 12.3. The SMILES string of the molecule is CSCC(=O)N1CCC2(CCC(=O)N(Cc3ccncc3)C2)CC1. The third kappa shape index (κ3) is 3.91. The van der Waals surface area contributed by atoms with Gasteiger partial charge in [0.2, 0.25) is 11.8 Å². The van der Waals surface area contributed by atoms with Crippen LogP contribution < -0.4 is 0 Å². The van der Waals surface area contributed by atoms with Gasteiger partial charge in [0.15, 0.2) is 0 Å². The van der Waals surface area contributed by atoms with E-state index in [1.807, 2.05) is 28.2 Å². The zero-order chi connectivity index (χ0) is 17.0. The molecule has 5 nitrogen and oxygen atoms in total. The summed E-state index contributed by atoms with van der Waals surface area (Å²) in [6.45, 7) is 3.14. The Morgan fingerprint density at radius 3 is 2.62 bits per heavy atom. The van der Waals surface area contributed by atoms with Gasteiger partial charge < -0.3 is 9.80 Å². The number of thioether (sulfide) groups is 1. The zero-order valence-electron chi connectivity index (χ0n) is 14.2. The number of carbonyl (C=O) groups excluding carboxylic acids is 2. The lowest BCUT2D eigenvalue weighted by Gasteiger charge is -2.47. The highest BCUT2D eigenvalue weighted by Gasteiger charge is 2.41. The number of carbonyl (C=O) groups is 2. The summed E-state index contributed by atoms with van der Waals surface area (Å²) in [4.78, 5) is 32.4. The van der Waals surface area contributed by atoms with Crippen LogP contribution in [-0.4, -0.2) is 58.2 Å². The number of nitrogens with zero attached hydrogens (tertiary/aromatic N) is 3. The van der Waals surface area contributed by atoms with E-state index in [2.05, 4.69) is 4.98 Å². The van der Waals surface area contributed by atoms with Crippen LogP contribution in [0.3, 0.4) is 0 Å². The van der Waals surface area contributed by atoms with Crippen LogP contribution >= 0.6 is 11.8 Å². The summed E-state index contributed by atoms with van der Waals surface area (Å²) >= 11 is 1.58. The highest BCUT2D eigenvalue weighted by atomic mass is 32.2. The molecule has 130 valence electrons. The van der Waals surface area contributed by atoms with E-state index in [9.17, 15) is 9.59 Å². The van der Waals surface area contributed by atoms with Gasteiger partial charge in [-0.25, -0.2) is 0 Å². The van der Waals surface area contributed by atoms with Gasteiger partial charge in [-0.05, 0) is 48.6 Å². The third-order valence-electron chi connectivity index (χ3n) is 5.32. The fourth-order valence-corrected chi connectivity index (χ4v) is 4.24. The first-order valence-corrected chi connectivity index (χ1v) is 9.95. The summed E-state index contributed by atoms with van der Waals surface area (Å²) in [6, 6.07) is 3.94. The van der Waals surface area contributed by atoms with E-state index in [0.29, 0.717) is 18.7 Å². The second kappa shape index (κ2) is 7.55. The molecule has 0 bridgehead atoms. The molecule has 2 saturated heterocycles. The molecule has 2 aliphatic heterocycles. The molecule has 3 heterocycles. The molecule has 0 radical (unpaired) electrons. The fourth-order valence-electron chi connectivity index (χ4n) is 3.81. The minimum Gasteiger partial charge on any atom is -0.342 e. The Balaban J connectivity index is 1.61. The molecular weight excluding hydrogens is 322 g/mol. The summed E-state index contributed by atoms with van der Waals surface area (Å²) in [5.74, 6) is 1.07. The maximum absolute atomic E-state index is 12.3. The van der Waals surface area contributed by atoms with Crippen LogP contribution in [0, 0.1) is 5.41 Å². The lowest BCUT2D eigenvalue weighted by molar-refractivity contribution is -0.142. The zero-order valence-corrected chi connectivity index (χ0v) is 15.1. The second-order valence-corrected chi connectivity index (χ2v) is 7.79. The fraction of sp³-hybridized carbons (Fsp3) is 0.611. The topological polar surface area (TPSA) is 53.5 Å². The molecule has 1 spiro atoms. The van der Waals surface area contributed by atoms with Gasteiger partial charge in [-0.2, -0.15) is 11.8 Å². The normalized spacial score (nSPS) is 20.5. The van der Waals surface area contributed by atoms with Crippen molar-refractivity contribution in [2.24, 2.45) is 5.41 Å². The first-order chi connectivity index (χ1) is 11.6. The monoisotopic (exact) mass is 347 g/mol. The quantitative estimate of drug-likeness (QED) is 0.838. The van der Waals surface area contributed by atoms with E-state index >= 15 is 0 Å². The summed E-state index contributed by atoms with van der Waals surface area (Å²) in [7, 11) is 0. The van der Waals surface area contributed by atoms with Crippen LogP contribution in [-0.2, 0) is 16.1 Å². The molecule has 0 aromatic carbocycles. The molecule has 1 aromatic heterocycles. The van der Waals surface area contributed by atoms with Gasteiger partial charge >= 0.3 is 0 Å². The van der Waals surface area contributed by atoms with Crippen molar-refractivity contribution in [1.82, 2.24) is 14.8 Å². The Labute approximate surface area is 147 Å². The van der Waals surface area contributed by atoms with E-state index < -0.39 is 0 Å². The Morgan fingerprint density at radius 1 is 1.25 bits per heavy atom. The van der Waals surface area contributed by atoms with Gasteiger partial charge in [-0.15, -0.1) is 0 Å². The number of piperidine rings is 2. The lowest BCUT2D eigenvalue weighted by Crippen LogP contribution is -2.52. The Morgan fingerprint density at radius 2 is 1.96 bits per heavy atom. The molecule has 6 heteroatoms. The van der Waals surface area contributed by atoms with E-state index in [1.165, 1.54) is 0 Å². The molecule has 2 aliphatic rings. The Hall–Kier alpha value is -1.56. The molecule has 0 aliphatic carbocycles. The molecule has 0 unspecified atom stereocenters. The van der Waals surface area contributed by atoms with Crippen LogP contribution in [0.5, 0.6) is 0 Å². The molecule has 0 N–H and O–H groups in total. The van der Waals surface area contributed by atoms with E-state index in [1.54, 1.807) is 24.2 Å². The highest BCUT2D eigenvalue weighted by Crippen LogP contribution is 2.40. The molecule has 2 amide bonds. The summed E-state index contributed by atoms with van der Waals surface area (Å²) in [5, 5.41) is 0. The number of likely N-dealkylation sites (tertiary alicyclic amines) is 2. The van der Waals surface area contributed by atoms with Crippen molar-refractivity contribution in [3.8, 4) is 0 Å². The Kier molecular flexibility index (Phi) is 5.43. The van der Waals surface area contributed by atoms with Crippen molar-refractivity contribution in [3.05, 3.63) is 30.1 Å². The average molecular weight is 347 g/mol. The Bertz CT molecular complexity index is 585. The molecule has 3 rings (SSSR count). The van der Waals surface area contributed by atoms with Gasteiger partial charge in [-0.3, -0.25) is 14.6 Å². The molecule has 1 aromatic rings. The van der Waals surface area contributed by atoms with Crippen molar-refractivity contribution in [3.63, 3.8) is 0 Å². The van der Waals surface area contributed by atoms with Crippen molar-refractivity contribution < 1.29 is 9.59 Å². The molecular formula is C18H25N3O2S. The second-order valence-electron chi connectivity index (χ2n) is 6.92. The molecule has 24 heavy (non-hydrogen) atoms. The summed E-state index contributed by atoms with van der Waals surface area (Å²) < 4.78 is 0. The van der Waals surface area contributed by atoms with Crippen LogP contribution in [0.2, 0.25) is 0 Å². The molecule has 2 fully saturated rings. The number of hydrogen-bond donors (Lipinski definition) is 0. The van der Waals surface area contributed by atoms with Crippen LogP contribution in [0.1, 0.15) is 31.2 Å². The summed E-state index contributed by atoms with van der Waals surface area (Å²) in [5.41, 5.74) is 1.32. The van der Waals surface area contributed by atoms with Gasteiger partial charge in [-0.1, -0.05) is 0 Å². The van der Waals surface area contributed by atoms with Crippen LogP contribution in [0.25, 0.3) is 0 Å². The first kappa shape index (κ1) is 17.3. The predicted octanol–water partition coefficient (Wildman–Crippen LogP) is 2.18. The lowest BCUT2D eigenvalue weighted by atomic mass is 9.72. The van der Waals surface area contributed by atoms with Crippen molar-refractivity contribution in [2.75, 3.05) is 31.6 Å². The van der Waals surface area contributed by atoms with Crippen molar-refractivity contribution in [2.45, 2.75) is 32.2 Å².